The highest BCUT2D eigenvalue weighted by Crippen LogP contribution is 2.24. The zero-order valence-corrected chi connectivity index (χ0v) is 12.1. The summed E-state index contributed by atoms with van der Waals surface area (Å²) in [6.45, 7) is 0.526. The molecule has 114 valence electrons. The molecule has 20 heavy (non-hydrogen) atoms. The van der Waals surface area contributed by atoms with Crippen molar-refractivity contribution in [2.75, 3.05) is 12.3 Å². The van der Waals surface area contributed by atoms with E-state index in [0.717, 1.165) is 18.6 Å². The Balaban J connectivity index is 2.29. The molecule has 1 fully saturated rings. The van der Waals surface area contributed by atoms with Crippen molar-refractivity contribution in [1.82, 2.24) is 10.6 Å². The molecule has 5 N–H and O–H groups in total. The molecule has 1 aliphatic rings. The molecule has 3 amide bonds. The first kappa shape index (κ1) is 16.6. The van der Waals surface area contributed by atoms with Gasteiger partial charge in [-0.25, -0.2) is 9.59 Å². The number of carbonyl (C=O) groups excluding carboxylic acids is 2. The van der Waals surface area contributed by atoms with Gasteiger partial charge in [-0.15, -0.1) is 0 Å². The lowest BCUT2D eigenvalue weighted by Gasteiger charge is -2.22. The maximum absolute atomic E-state index is 11.6. The number of aliphatic carboxylic acids is 1. The highest BCUT2D eigenvalue weighted by molar-refractivity contribution is 7.99. The molecule has 1 saturated heterocycles. The molecule has 0 bridgehead atoms. The van der Waals surface area contributed by atoms with Crippen molar-refractivity contribution in [2.24, 2.45) is 5.73 Å². The van der Waals surface area contributed by atoms with E-state index in [1.807, 2.05) is 11.8 Å². The van der Waals surface area contributed by atoms with Gasteiger partial charge < -0.3 is 21.5 Å². The van der Waals surface area contributed by atoms with Crippen LogP contribution in [-0.4, -0.2) is 46.6 Å². The van der Waals surface area contributed by atoms with Crippen LogP contribution in [0.4, 0.5) is 4.79 Å². The maximum atomic E-state index is 11.6. The van der Waals surface area contributed by atoms with Crippen LogP contribution in [0.3, 0.4) is 0 Å². The van der Waals surface area contributed by atoms with Gasteiger partial charge in [-0.05, 0) is 25.0 Å². The Labute approximate surface area is 122 Å². The number of hydrogen-bond acceptors (Lipinski definition) is 4. The van der Waals surface area contributed by atoms with Crippen LogP contribution in [0, 0.1) is 0 Å². The summed E-state index contributed by atoms with van der Waals surface area (Å²) >= 11 is 1.82. The Morgan fingerprint density at radius 3 is 2.65 bits per heavy atom. The van der Waals surface area contributed by atoms with Gasteiger partial charge in [-0.3, -0.25) is 4.79 Å². The second-order valence-electron chi connectivity index (χ2n) is 4.74. The van der Waals surface area contributed by atoms with E-state index in [1.165, 1.54) is 6.42 Å². The van der Waals surface area contributed by atoms with Crippen LogP contribution in [0.5, 0.6) is 0 Å². The molecule has 1 heterocycles. The summed E-state index contributed by atoms with van der Waals surface area (Å²) in [6, 6.07) is -1.62. The highest BCUT2D eigenvalue weighted by Gasteiger charge is 2.21. The van der Waals surface area contributed by atoms with E-state index in [4.69, 9.17) is 10.8 Å². The zero-order chi connectivity index (χ0) is 15.0. The molecule has 2 unspecified atom stereocenters. The molecule has 2 atom stereocenters. The lowest BCUT2D eigenvalue weighted by atomic mass is 10.1. The Morgan fingerprint density at radius 1 is 1.35 bits per heavy atom. The summed E-state index contributed by atoms with van der Waals surface area (Å²) in [5, 5.41) is 14.4. The van der Waals surface area contributed by atoms with E-state index in [0.29, 0.717) is 11.8 Å². The molecule has 0 aromatic rings. The molecule has 1 aliphatic heterocycles. The first-order valence-electron chi connectivity index (χ1n) is 6.66. The van der Waals surface area contributed by atoms with Gasteiger partial charge in [0.2, 0.25) is 5.91 Å². The van der Waals surface area contributed by atoms with Crippen LogP contribution in [0.2, 0.25) is 0 Å². The summed E-state index contributed by atoms with van der Waals surface area (Å²) in [5.74, 6) is -0.657. The predicted molar refractivity (Wildman–Crippen MR) is 76.5 cm³/mol. The smallest absolute Gasteiger partial charge is 0.326 e. The largest absolute Gasteiger partial charge is 0.480 e. The first-order valence-corrected chi connectivity index (χ1v) is 7.71. The van der Waals surface area contributed by atoms with Crippen LogP contribution in [0.25, 0.3) is 0 Å². The fraction of sp³-hybridized carbons (Fsp3) is 0.750. The number of carboxylic acid groups (broad SMARTS) is 1. The average molecular weight is 303 g/mol. The molecular weight excluding hydrogens is 282 g/mol. The van der Waals surface area contributed by atoms with E-state index in [9.17, 15) is 14.4 Å². The molecule has 8 heteroatoms. The van der Waals surface area contributed by atoms with Gasteiger partial charge >= 0.3 is 12.0 Å². The lowest BCUT2D eigenvalue weighted by molar-refractivity contribution is -0.139. The zero-order valence-electron chi connectivity index (χ0n) is 11.3. The Morgan fingerprint density at radius 2 is 2.10 bits per heavy atom. The normalized spacial score (nSPS) is 19.9. The summed E-state index contributed by atoms with van der Waals surface area (Å²) < 4.78 is 0. The number of hydrogen-bond donors (Lipinski definition) is 4. The van der Waals surface area contributed by atoms with Crippen molar-refractivity contribution >= 4 is 29.7 Å². The second kappa shape index (κ2) is 8.68. The monoisotopic (exact) mass is 303 g/mol. The Kier molecular flexibility index (Phi) is 7.21. The number of nitrogens with one attached hydrogen (secondary N) is 2. The number of amides is 3. The van der Waals surface area contributed by atoms with Crippen LogP contribution >= 0.6 is 11.8 Å². The quantitative estimate of drug-likeness (QED) is 0.538. The van der Waals surface area contributed by atoms with Gasteiger partial charge in [0.1, 0.15) is 6.04 Å². The lowest BCUT2D eigenvalue weighted by Crippen LogP contribution is -2.47. The molecule has 0 aliphatic carbocycles. The Hall–Kier alpha value is -1.44. The van der Waals surface area contributed by atoms with Crippen molar-refractivity contribution in [3.8, 4) is 0 Å². The van der Waals surface area contributed by atoms with Crippen molar-refractivity contribution in [2.45, 2.75) is 43.4 Å². The van der Waals surface area contributed by atoms with Gasteiger partial charge in [0, 0.05) is 18.2 Å². The molecule has 0 aromatic heterocycles. The van der Waals surface area contributed by atoms with E-state index >= 15 is 0 Å². The number of rotatable bonds is 7. The fourth-order valence-electron chi connectivity index (χ4n) is 1.93. The molecule has 0 saturated carbocycles. The minimum atomic E-state index is -1.17. The topological polar surface area (TPSA) is 122 Å². The number of nitrogens with two attached hydrogens (primary N) is 1. The van der Waals surface area contributed by atoms with Crippen molar-refractivity contribution < 1.29 is 19.5 Å². The first-order chi connectivity index (χ1) is 9.49. The molecular formula is C12H21N3O4S. The molecule has 7 nitrogen and oxygen atoms in total. The van der Waals surface area contributed by atoms with Gasteiger partial charge in [0.25, 0.3) is 0 Å². The van der Waals surface area contributed by atoms with Gasteiger partial charge in [-0.2, -0.15) is 11.8 Å². The van der Waals surface area contributed by atoms with Gasteiger partial charge in [0.05, 0.1) is 0 Å². The average Bonchev–Trinajstić information content (AvgIpc) is 2.41. The number of thioether (sulfide) groups is 1. The number of carbonyl (C=O) groups is 3. The maximum Gasteiger partial charge on any atom is 0.326 e. The van der Waals surface area contributed by atoms with E-state index in [2.05, 4.69) is 10.6 Å². The third kappa shape index (κ3) is 6.65. The highest BCUT2D eigenvalue weighted by atomic mass is 32.2. The van der Waals surface area contributed by atoms with Crippen LogP contribution < -0.4 is 16.4 Å². The van der Waals surface area contributed by atoms with Crippen molar-refractivity contribution in [1.29, 1.82) is 0 Å². The standard InChI is InChI=1S/C12H21N3O4S/c13-10(16)5-4-9(11(17)18)15-12(19)14-7-8-3-1-2-6-20-8/h8-9H,1-7H2,(H2,13,16)(H,17,18)(H2,14,15,19). The van der Waals surface area contributed by atoms with Gasteiger partial charge in [0.15, 0.2) is 0 Å². The van der Waals surface area contributed by atoms with Crippen LogP contribution in [0.15, 0.2) is 0 Å². The summed E-state index contributed by atoms with van der Waals surface area (Å²) in [6.07, 6.45) is 3.36. The van der Waals surface area contributed by atoms with E-state index in [-0.39, 0.29) is 12.8 Å². The minimum Gasteiger partial charge on any atom is -0.480 e. The van der Waals surface area contributed by atoms with Crippen molar-refractivity contribution in [3.63, 3.8) is 0 Å². The molecule has 1 rings (SSSR count). The summed E-state index contributed by atoms with van der Waals surface area (Å²) in [4.78, 5) is 33.2. The van der Waals surface area contributed by atoms with Crippen LogP contribution in [0.1, 0.15) is 32.1 Å². The summed E-state index contributed by atoms with van der Waals surface area (Å²) in [5.41, 5.74) is 4.96. The van der Waals surface area contributed by atoms with E-state index < -0.39 is 23.9 Å². The van der Waals surface area contributed by atoms with Crippen LogP contribution in [-0.2, 0) is 9.59 Å². The third-order valence-electron chi connectivity index (χ3n) is 3.05. The third-order valence-corrected chi connectivity index (χ3v) is 4.45. The van der Waals surface area contributed by atoms with Gasteiger partial charge in [-0.1, -0.05) is 6.42 Å². The summed E-state index contributed by atoms with van der Waals surface area (Å²) in [7, 11) is 0. The van der Waals surface area contributed by atoms with Crippen molar-refractivity contribution in [3.05, 3.63) is 0 Å². The SMILES string of the molecule is NC(=O)CCC(NC(=O)NCC1CCCCS1)C(=O)O. The fourth-order valence-corrected chi connectivity index (χ4v) is 3.17. The minimum absolute atomic E-state index is 0.00371. The number of primary amides is 1. The number of urea groups is 1. The Bertz CT molecular complexity index is 359. The molecule has 0 spiro atoms. The second-order valence-corrected chi connectivity index (χ2v) is 6.15. The molecule has 0 aromatic carbocycles. The predicted octanol–water partition coefficient (Wildman–Crippen LogP) is 0.290. The molecule has 0 radical (unpaired) electrons. The number of carboxylic acids is 1. The van der Waals surface area contributed by atoms with E-state index in [1.54, 1.807) is 0 Å².